The fourth-order valence-electron chi connectivity index (χ4n) is 1.21. The number of halogens is 1. The smallest absolute Gasteiger partial charge is 0.119 e. The molecule has 4 heteroatoms. The van der Waals surface area contributed by atoms with Crippen molar-refractivity contribution in [1.29, 1.82) is 0 Å². The first kappa shape index (κ1) is 8.84. The van der Waals surface area contributed by atoms with Crippen molar-refractivity contribution in [3.63, 3.8) is 0 Å². The summed E-state index contributed by atoms with van der Waals surface area (Å²) in [5.74, 6) is 0. The van der Waals surface area contributed by atoms with Crippen LogP contribution in [-0.2, 0) is 6.42 Å². The molecule has 0 radical (unpaired) electrons. The Morgan fingerprint density at radius 3 is 2.92 bits per heavy atom. The molecule has 0 aliphatic carbocycles. The highest BCUT2D eigenvalue weighted by atomic mass is 79.9. The van der Waals surface area contributed by atoms with Crippen LogP contribution in [0.15, 0.2) is 29.3 Å². The normalized spacial score (nSPS) is 10.5. The van der Waals surface area contributed by atoms with E-state index < -0.39 is 0 Å². The van der Waals surface area contributed by atoms with Gasteiger partial charge >= 0.3 is 0 Å². The van der Waals surface area contributed by atoms with Gasteiger partial charge in [0.25, 0.3) is 0 Å². The summed E-state index contributed by atoms with van der Waals surface area (Å²) in [6.07, 6.45) is 2.72. The van der Waals surface area contributed by atoms with E-state index in [0.29, 0.717) is 0 Å². The number of allylic oxidation sites excluding steroid dienone is 1. The zero-order valence-electron chi connectivity index (χ0n) is 6.83. The predicted octanol–water partition coefficient (Wildman–Crippen LogP) is 3.18. The first-order valence-electron chi connectivity index (χ1n) is 3.83. The number of benzene rings is 1. The molecule has 0 N–H and O–H groups in total. The van der Waals surface area contributed by atoms with Gasteiger partial charge in [-0.15, -0.1) is 6.58 Å². The van der Waals surface area contributed by atoms with Gasteiger partial charge in [-0.2, -0.15) is 8.75 Å². The number of hydrogen-bond donors (Lipinski definition) is 0. The van der Waals surface area contributed by atoms with Crippen LogP contribution >= 0.6 is 27.7 Å². The molecule has 13 heavy (non-hydrogen) atoms. The van der Waals surface area contributed by atoms with E-state index in [0.717, 1.165) is 21.9 Å². The Bertz CT molecular complexity index is 450. The largest absolute Gasteiger partial charge is 0.173 e. The second-order valence-corrected chi connectivity index (χ2v) is 4.04. The van der Waals surface area contributed by atoms with Gasteiger partial charge in [-0.25, -0.2) is 0 Å². The van der Waals surface area contributed by atoms with E-state index in [2.05, 4.69) is 37.3 Å². The molecule has 1 aromatic carbocycles. The number of aromatic nitrogens is 2. The van der Waals surface area contributed by atoms with Gasteiger partial charge in [-0.1, -0.05) is 12.1 Å². The Morgan fingerprint density at radius 1 is 1.38 bits per heavy atom. The van der Waals surface area contributed by atoms with Crippen molar-refractivity contribution in [2.75, 3.05) is 0 Å². The Balaban J connectivity index is 2.70. The van der Waals surface area contributed by atoms with Gasteiger partial charge in [0.15, 0.2) is 0 Å². The van der Waals surface area contributed by atoms with Crippen molar-refractivity contribution in [2.24, 2.45) is 0 Å². The fourth-order valence-corrected chi connectivity index (χ4v) is 2.33. The van der Waals surface area contributed by atoms with Gasteiger partial charge in [-0.3, -0.25) is 0 Å². The minimum absolute atomic E-state index is 0.842. The Morgan fingerprint density at radius 2 is 2.15 bits per heavy atom. The van der Waals surface area contributed by atoms with Gasteiger partial charge < -0.3 is 0 Å². The lowest BCUT2D eigenvalue weighted by molar-refractivity contribution is 1.29. The van der Waals surface area contributed by atoms with Gasteiger partial charge in [0.2, 0.25) is 0 Å². The van der Waals surface area contributed by atoms with Crippen LogP contribution in [-0.4, -0.2) is 8.75 Å². The van der Waals surface area contributed by atoms with Gasteiger partial charge in [0.05, 0.1) is 11.7 Å². The summed E-state index contributed by atoms with van der Waals surface area (Å²) in [5.41, 5.74) is 3.12. The van der Waals surface area contributed by atoms with Crippen LogP contribution < -0.4 is 0 Å². The summed E-state index contributed by atoms with van der Waals surface area (Å²) in [6, 6.07) is 4.05. The summed E-state index contributed by atoms with van der Waals surface area (Å²) >= 11 is 4.68. The van der Waals surface area contributed by atoms with E-state index >= 15 is 0 Å². The molecule has 66 valence electrons. The summed E-state index contributed by atoms with van der Waals surface area (Å²) < 4.78 is 9.47. The van der Waals surface area contributed by atoms with Crippen LogP contribution in [0.3, 0.4) is 0 Å². The molecule has 2 aromatic rings. The van der Waals surface area contributed by atoms with Crippen LogP contribution in [0.5, 0.6) is 0 Å². The molecule has 0 unspecified atom stereocenters. The summed E-state index contributed by atoms with van der Waals surface area (Å²) in [4.78, 5) is 0. The highest BCUT2D eigenvalue weighted by molar-refractivity contribution is 9.10. The summed E-state index contributed by atoms with van der Waals surface area (Å²) in [5, 5.41) is 0. The molecule has 0 spiro atoms. The van der Waals surface area contributed by atoms with Crippen molar-refractivity contribution in [2.45, 2.75) is 6.42 Å². The third-order valence-electron chi connectivity index (χ3n) is 1.81. The lowest BCUT2D eigenvalue weighted by Gasteiger charge is -1.98. The average Bonchev–Trinajstić information content (AvgIpc) is 2.59. The first-order chi connectivity index (χ1) is 6.33. The molecule has 0 aliphatic rings. The monoisotopic (exact) mass is 254 g/mol. The highest BCUT2D eigenvalue weighted by Gasteiger charge is 2.06. The van der Waals surface area contributed by atoms with E-state index in [4.69, 9.17) is 0 Å². The van der Waals surface area contributed by atoms with Crippen molar-refractivity contribution in [3.8, 4) is 0 Å². The fraction of sp³-hybridized carbons (Fsp3) is 0.111. The minimum Gasteiger partial charge on any atom is -0.173 e. The second kappa shape index (κ2) is 3.55. The molecular formula is C9H7BrN2S. The molecule has 0 saturated carbocycles. The average molecular weight is 255 g/mol. The molecule has 0 aliphatic heterocycles. The molecule has 1 aromatic heterocycles. The van der Waals surface area contributed by atoms with Crippen molar-refractivity contribution < 1.29 is 0 Å². The molecule has 0 fully saturated rings. The van der Waals surface area contributed by atoms with Crippen LogP contribution in [0.4, 0.5) is 0 Å². The van der Waals surface area contributed by atoms with Crippen LogP contribution in [0.25, 0.3) is 11.0 Å². The van der Waals surface area contributed by atoms with Crippen LogP contribution in [0.2, 0.25) is 0 Å². The van der Waals surface area contributed by atoms with E-state index in [9.17, 15) is 0 Å². The molecule has 2 rings (SSSR count). The zero-order chi connectivity index (χ0) is 9.26. The Hall–Kier alpha value is -0.740. The number of rotatable bonds is 2. The van der Waals surface area contributed by atoms with Crippen LogP contribution in [0.1, 0.15) is 5.56 Å². The first-order valence-corrected chi connectivity index (χ1v) is 5.36. The van der Waals surface area contributed by atoms with E-state index in [1.807, 2.05) is 12.1 Å². The number of hydrogen-bond acceptors (Lipinski definition) is 3. The molecule has 0 bridgehead atoms. The highest BCUT2D eigenvalue weighted by Crippen LogP contribution is 2.25. The SMILES string of the molecule is C=CCc1ccc(Br)c2nsnc12. The van der Waals surface area contributed by atoms with Crippen molar-refractivity contribution in [1.82, 2.24) is 8.75 Å². The second-order valence-electron chi connectivity index (χ2n) is 2.66. The summed E-state index contributed by atoms with van der Waals surface area (Å²) in [7, 11) is 0. The van der Waals surface area contributed by atoms with Crippen molar-refractivity contribution in [3.05, 3.63) is 34.8 Å². The van der Waals surface area contributed by atoms with Crippen LogP contribution in [0, 0.1) is 0 Å². The maximum Gasteiger partial charge on any atom is 0.119 e. The lowest BCUT2D eigenvalue weighted by Crippen LogP contribution is -1.84. The molecular weight excluding hydrogens is 248 g/mol. The third kappa shape index (κ3) is 1.51. The third-order valence-corrected chi connectivity index (χ3v) is 2.98. The minimum atomic E-state index is 0.842. The van der Waals surface area contributed by atoms with E-state index in [1.165, 1.54) is 17.3 Å². The molecule has 0 amide bonds. The van der Waals surface area contributed by atoms with Crippen molar-refractivity contribution >= 4 is 38.7 Å². The Labute approximate surface area is 88.7 Å². The molecule has 0 saturated heterocycles. The maximum atomic E-state index is 4.25. The molecule has 1 heterocycles. The zero-order valence-corrected chi connectivity index (χ0v) is 9.23. The Kier molecular flexibility index (Phi) is 2.42. The molecule has 2 nitrogen and oxygen atoms in total. The molecule has 0 atom stereocenters. The number of fused-ring (bicyclic) bond motifs is 1. The lowest BCUT2D eigenvalue weighted by atomic mass is 10.1. The quantitative estimate of drug-likeness (QED) is 0.770. The predicted molar refractivity (Wildman–Crippen MR) is 59.0 cm³/mol. The van der Waals surface area contributed by atoms with E-state index in [-0.39, 0.29) is 0 Å². The van der Waals surface area contributed by atoms with Gasteiger partial charge in [0, 0.05) is 4.47 Å². The summed E-state index contributed by atoms with van der Waals surface area (Å²) in [6.45, 7) is 3.71. The topological polar surface area (TPSA) is 25.8 Å². The maximum absolute atomic E-state index is 4.25. The van der Waals surface area contributed by atoms with Gasteiger partial charge in [0.1, 0.15) is 11.0 Å². The standard InChI is InChI=1S/C9H7BrN2S/c1-2-3-6-4-5-7(10)9-8(6)11-13-12-9/h2,4-5H,1,3H2. The van der Waals surface area contributed by atoms with Gasteiger partial charge in [-0.05, 0) is 34.0 Å². The van der Waals surface area contributed by atoms with E-state index in [1.54, 1.807) is 0 Å². The number of nitrogens with zero attached hydrogens (tertiary/aromatic N) is 2.